The van der Waals surface area contributed by atoms with Crippen LogP contribution in [0.25, 0.3) is 0 Å². The molecule has 0 aliphatic rings. The van der Waals surface area contributed by atoms with Gasteiger partial charge in [0.1, 0.15) is 11.8 Å². The van der Waals surface area contributed by atoms with Crippen LogP contribution in [0.15, 0.2) is 12.4 Å². The lowest BCUT2D eigenvalue weighted by Crippen LogP contribution is -2.08. The maximum absolute atomic E-state index is 10.5. The zero-order valence-corrected chi connectivity index (χ0v) is 12.0. The van der Waals surface area contributed by atoms with E-state index in [-0.39, 0.29) is 5.88 Å². The van der Waals surface area contributed by atoms with Crippen LogP contribution >= 0.6 is 0 Å². The normalized spacial score (nSPS) is 12.2. The molecule has 7 nitrogen and oxygen atoms in total. The minimum atomic E-state index is -0.938. The number of nitrogens with zero attached hydrogens (tertiary/aromatic N) is 4. The molecule has 2 aromatic heterocycles. The summed E-state index contributed by atoms with van der Waals surface area (Å²) in [7, 11) is 4.78. The molecule has 0 saturated heterocycles. The SMILES string of the molecule is CCc1nn(C)cc1C(O)c1ncc(OC)nc1OC. The molecule has 0 spiro atoms. The molecule has 1 N–H and O–H groups in total. The van der Waals surface area contributed by atoms with Crippen molar-refractivity contribution in [2.24, 2.45) is 7.05 Å². The van der Waals surface area contributed by atoms with Crippen LogP contribution in [-0.2, 0) is 13.5 Å². The molecule has 1 unspecified atom stereocenters. The summed E-state index contributed by atoms with van der Waals surface area (Å²) in [6, 6.07) is 0. The Labute approximate surface area is 117 Å². The Morgan fingerprint density at radius 3 is 2.70 bits per heavy atom. The Kier molecular flexibility index (Phi) is 4.19. The van der Waals surface area contributed by atoms with E-state index >= 15 is 0 Å². The molecule has 0 radical (unpaired) electrons. The average molecular weight is 278 g/mol. The largest absolute Gasteiger partial charge is 0.480 e. The zero-order chi connectivity index (χ0) is 14.7. The Morgan fingerprint density at radius 1 is 1.35 bits per heavy atom. The molecule has 7 heteroatoms. The van der Waals surface area contributed by atoms with Gasteiger partial charge in [0.2, 0.25) is 11.8 Å². The van der Waals surface area contributed by atoms with Crippen molar-refractivity contribution >= 4 is 0 Å². The third-order valence-corrected chi connectivity index (χ3v) is 2.97. The van der Waals surface area contributed by atoms with Gasteiger partial charge in [0.25, 0.3) is 0 Å². The van der Waals surface area contributed by atoms with E-state index in [9.17, 15) is 5.11 Å². The number of aliphatic hydroxyl groups is 1. The highest BCUT2D eigenvalue weighted by Crippen LogP contribution is 2.29. The number of aliphatic hydroxyl groups excluding tert-OH is 1. The molecule has 1 atom stereocenters. The van der Waals surface area contributed by atoms with Crippen LogP contribution in [0.3, 0.4) is 0 Å². The van der Waals surface area contributed by atoms with Crippen LogP contribution in [0.4, 0.5) is 0 Å². The summed E-state index contributed by atoms with van der Waals surface area (Å²) in [4.78, 5) is 8.31. The van der Waals surface area contributed by atoms with Gasteiger partial charge in [-0.2, -0.15) is 10.1 Å². The molecular weight excluding hydrogens is 260 g/mol. The first-order valence-electron chi connectivity index (χ1n) is 6.26. The first-order valence-corrected chi connectivity index (χ1v) is 6.26. The summed E-state index contributed by atoms with van der Waals surface area (Å²) >= 11 is 0. The van der Waals surface area contributed by atoms with E-state index in [1.807, 2.05) is 14.0 Å². The third-order valence-electron chi connectivity index (χ3n) is 2.97. The predicted octanol–water partition coefficient (Wildman–Crippen LogP) is 0.871. The minimum absolute atomic E-state index is 0.239. The van der Waals surface area contributed by atoms with Crippen LogP contribution in [-0.4, -0.2) is 39.1 Å². The molecule has 0 aromatic carbocycles. The summed E-state index contributed by atoms with van der Waals surface area (Å²) in [5.74, 6) is 0.572. The number of rotatable bonds is 5. The number of aryl methyl sites for hydroxylation is 2. The second kappa shape index (κ2) is 5.87. The Balaban J connectivity index is 2.44. The molecule has 0 aliphatic heterocycles. The summed E-state index contributed by atoms with van der Waals surface area (Å²) in [6.45, 7) is 1.98. The third kappa shape index (κ3) is 2.57. The Morgan fingerprint density at radius 2 is 2.10 bits per heavy atom. The van der Waals surface area contributed by atoms with Gasteiger partial charge in [0.15, 0.2) is 0 Å². The smallest absolute Gasteiger partial charge is 0.241 e. The fourth-order valence-electron chi connectivity index (χ4n) is 2.01. The second-order valence-electron chi connectivity index (χ2n) is 4.27. The number of hydrogen-bond donors (Lipinski definition) is 1. The van der Waals surface area contributed by atoms with Crippen molar-refractivity contribution in [3.05, 3.63) is 29.3 Å². The van der Waals surface area contributed by atoms with E-state index < -0.39 is 6.10 Å². The molecule has 108 valence electrons. The van der Waals surface area contributed by atoms with E-state index in [0.29, 0.717) is 17.1 Å². The molecule has 0 bridgehead atoms. The zero-order valence-electron chi connectivity index (χ0n) is 12.0. The molecule has 20 heavy (non-hydrogen) atoms. The van der Waals surface area contributed by atoms with Gasteiger partial charge in [-0.3, -0.25) is 4.68 Å². The molecule has 0 aliphatic carbocycles. The number of methoxy groups -OCH3 is 2. The lowest BCUT2D eigenvalue weighted by Gasteiger charge is -2.13. The molecule has 0 saturated carbocycles. The first kappa shape index (κ1) is 14.3. The summed E-state index contributed by atoms with van der Waals surface area (Å²) in [5, 5.41) is 14.8. The van der Waals surface area contributed by atoms with Crippen molar-refractivity contribution < 1.29 is 14.6 Å². The van der Waals surface area contributed by atoms with Crippen molar-refractivity contribution in [1.29, 1.82) is 0 Å². The Hall–Kier alpha value is -2.15. The maximum Gasteiger partial charge on any atom is 0.241 e. The quantitative estimate of drug-likeness (QED) is 0.874. The first-order chi connectivity index (χ1) is 9.60. The van der Waals surface area contributed by atoms with E-state index in [1.54, 1.807) is 10.9 Å². The number of ether oxygens (including phenoxy) is 2. The van der Waals surface area contributed by atoms with Crippen LogP contribution < -0.4 is 9.47 Å². The second-order valence-corrected chi connectivity index (χ2v) is 4.27. The van der Waals surface area contributed by atoms with Gasteiger partial charge in [-0.05, 0) is 6.42 Å². The van der Waals surface area contributed by atoms with Crippen LogP contribution in [0.5, 0.6) is 11.8 Å². The fraction of sp³-hybridized carbons (Fsp3) is 0.462. The Bertz CT molecular complexity index is 597. The number of hydrogen-bond acceptors (Lipinski definition) is 6. The summed E-state index contributed by atoms with van der Waals surface area (Å²) in [5.41, 5.74) is 1.86. The molecular formula is C13H18N4O3. The van der Waals surface area contributed by atoms with Gasteiger partial charge in [-0.25, -0.2) is 4.98 Å². The van der Waals surface area contributed by atoms with Crippen LogP contribution in [0.2, 0.25) is 0 Å². The van der Waals surface area contributed by atoms with Crippen molar-refractivity contribution in [3.8, 4) is 11.8 Å². The molecule has 2 rings (SSSR count). The standard InChI is InChI=1S/C13H18N4O3/c1-5-9-8(7-17(2)16-9)12(18)11-13(20-4)15-10(19-3)6-14-11/h6-7,12,18H,5H2,1-4H3. The van der Waals surface area contributed by atoms with Crippen molar-refractivity contribution in [2.45, 2.75) is 19.4 Å². The van der Waals surface area contributed by atoms with Crippen molar-refractivity contribution in [2.75, 3.05) is 14.2 Å². The molecule has 0 amide bonds. The summed E-state index contributed by atoms with van der Waals surface area (Å²) < 4.78 is 11.8. The van der Waals surface area contributed by atoms with Gasteiger partial charge in [0.05, 0.1) is 26.1 Å². The van der Waals surface area contributed by atoms with Gasteiger partial charge in [-0.1, -0.05) is 6.92 Å². The monoisotopic (exact) mass is 278 g/mol. The number of aromatic nitrogens is 4. The lowest BCUT2D eigenvalue weighted by atomic mass is 10.1. The van der Waals surface area contributed by atoms with Gasteiger partial charge in [0, 0.05) is 18.8 Å². The van der Waals surface area contributed by atoms with Crippen LogP contribution in [0.1, 0.15) is 30.0 Å². The average Bonchev–Trinajstić information content (AvgIpc) is 2.86. The maximum atomic E-state index is 10.5. The minimum Gasteiger partial charge on any atom is -0.480 e. The van der Waals surface area contributed by atoms with Crippen molar-refractivity contribution in [1.82, 2.24) is 19.7 Å². The predicted molar refractivity (Wildman–Crippen MR) is 71.8 cm³/mol. The molecule has 2 heterocycles. The lowest BCUT2D eigenvalue weighted by molar-refractivity contribution is 0.205. The summed E-state index contributed by atoms with van der Waals surface area (Å²) in [6.07, 6.45) is 3.00. The van der Waals surface area contributed by atoms with Gasteiger partial charge < -0.3 is 14.6 Å². The van der Waals surface area contributed by atoms with Gasteiger partial charge >= 0.3 is 0 Å². The van der Waals surface area contributed by atoms with E-state index in [0.717, 1.165) is 12.1 Å². The van der Waals surface area contributed by atoms with Crippen molar-refractivity contribution in [3.63, 3.8) is 0 Å². The van der Waals surface area contributed by atoms with Gasteiger partial charge in [-0.15, -0.1) is 0 Å². The van der Waals surface area contributed by atoms with E-state index in [4.69, 9.17) is 9.47 Å². The fourth-order valence-corrected chi connectivity index (χ4v) is 2.01. The topological polar surface area (TPSA) is 82.3 Å². The van der Waals surface area contributed by atoms with Crippen LogP contribution in [0, 0.1) is 0 Å². The highest BCUT2D eigenvalue weighted by atomic mass is 16.5. The highest BCUT2D eigenvalue weighted by Gasteiger charge is 2.23. The molecule has 0 fully saturated rings. The molecule has 2 aromatic rings. The van der Waals surface area contributed by atoms with E-state index in [1.165, 1.54) is 20.4 Å². The van der Waals surface area contributed by atoms with E-state index in [2.05, 4.69) is 15.1 Å². The highest BCUT2D eigenvalue weighted by molar-refractivity contribution is 5.33.